The van der Waals surface area contributed by atoms with E-state index >= 15 is 0 Å². The molecule has 0 aromatic heterocycles. The second kappa shape index (κ2) is 4.52. The summed E-state index contributed by atoms with van der Waals surface area (Å²) in [6.07, 6.45) is 0. The highest BCUT2D eigenvalue weighted by Gasteiger charge is 2.44. The predicted octanol–water partition coefficient (Wildman–Crippen LogP) is 1.02. The number of nitrogens with zero attached hydrogens (tertiary/aromatic N) is 2. The number of thioether (sulfide) groups is 1. The Hall–Kier alpha value is -0.710. The average molecular weight is 256 g/mol. The first kappa shape index (κ1) is 12.7. The minimum absolute atomic E-state index is 0.0670. The Bertz CT molecular complexity index is 343. The van der Waals surface area contributed by atoms with Gasteiger partial charge >= 0.3 is 0 Å². The van der Waals surface area contributed by atoms with E-state index in [2.05, 4.69) is 0 Å². The third-order valence-electron chi connectivity index (χ3n) is 3.91. The van der Waals surface area contributed by atoms with E-state index in [1.165, 1.54) is 0 Å². The summed E-state index contributed by atoms with van der Waals surface area (Å²) in [6.45, 7) is 7.55. The number of carbonyl (C=O) groups excluding carboxylic acids is 2. The van der Waals surface area contributed by atoms with Crippen LogP contribution in [0.4, 0.5) is 0 Å². The van der Waals surface area contributed by atoms with Crippen LogP contribution in [0.1, 0.15) is 20.8 Å². The second-order valence-electron chi connectivity index (χ2n) is 5.44. The summed E-state index contributed by atoms with van der Waals surface area (Å²) >= 11 is 1.89. The third-order valence-corrected chi connectivity index (χ3v) is 5.02. The highest BCUT2D eigenvalue weighted by atomic mass is 32.2. The molecule has 96 valence electrons. The molecule has 17 heavy (non-hydrogen) atoms. The van der Waals surface area contributed by atoms with Crippen molar-refractivity contribution in [3.05, 3.63) is 0 Å². The molecule has 2 bridgehead atoms. The normalized spacial score (nSPS) is 28.6. The molecule has 1 unspecified atom stereocenters. The van der Waals surface area contributed by atoms with Crippen molar-refractivity contribution in [2.24, 2.45) is 11.3 Å². The molecule has 0 aromatic carbocycles. The van der Waals surface area contributed by atoms with E-state index in [1.807, 2.05) is 35.4 Å². The molecule has 1 atom stereocenters. The maximum atomic E-state index is 12.4. The molecule has 0 aliphatic carbocycles. The molecule has 0 radical (unpaired) electrons. The first-order chi connectivity index (χ1) is 7.93. The summed E-state index contributed by atoms with van der Waals surface area (Å²) in [5, 5.41) is 0. The van der Waals surface area contributed by atoms with Gasteiger partial charge in [-0.3, -0.25) is 9.59 Å². The molecule has 2 aliphatic heterocycles. The number of carbonyl (C=O) groups is 2. The lowest BCUT2D eigenvalue weighted by molar-refractivity contribution is -0.142. The predicted molar refractivity (Wildman–Crippen MR) is 68.6 cm³/mol. The standard InChI is InChI=1S/C12H20N2O2S/c1-9(15)14-6-10-7-17-5-4-13(8-14)11(16)12(10,2)3/h10H,4-8H2,1-3H3. The molecule has 0 saturated carbocycles. The van der Waals surface area contributed by atoms with Gasteiger partial charge in [0.25, 0.3) is 0 Å². The lowest BCUT2D eigenvalue weighted by Gasteiger charge is -2.35. The fraction of sp³-hybridized carbons (Fsp3) is 0.833. The van der Waals surface area contributed by atoms with Crippen LogP contribution in [0, 0.1) is 11.3 Å². The van der Waals surface area contributed by atoms with Gasteiger partial charge in [0.05, 0.1) is 6.67 Å². The minimum Gasteiger partial charge on any atom is -0.325 e. The van der Waals surface area contributed by atoms with E-state index in [4.69, 9.17) is 0 Å². The molecular weight excluding hydrogens is 236 g/mol. The summed E-state index contributed by atoms with van der Waals surface area (Å²) in [5.41, 5.74) is -0.350. The van der Waals surface area contributed by atoms with Crippen LogP contribution in [0.25, 0.3) is 0 Å². The Labute approximate surface area is 107 Å². The Morgan fingerprint density at radius 3 is 2.82 bits per heavy atom. The molecule has 2 aliphatic rings. The van der Waals surface area contributed by atoms with Crippen molar-refractivity contribution in [3.63, 3.8) is 0 Å². The number of hydrogen-bond donors (Lipinski definition) is 0. The lowest BCUT2D eigenvalue weighted by Crippen LogP contribution is -2.46. The van der Waals surface area contributed by atoms with E-state index in [1.54, 1.807) is 6.92 Å². The van der Waals surface area contributed by atoms with E-state index in [0.29, 0.717) is 13.2 Å². The first-order valence-corrected chi connectivity index (χ1v) is 7.21. The van der Waals surface area contributed by atoms with Gasteiger partial charge in [0.15, 0.2) is 0 Å². The molecule has 2 fully saturated rings. The van der Waals surface area contributed by atoms with Crippen molar-refractivity contribution in [1.29, 1.82) is 0 Å². The van der Waals surface area contributed by atoms with Crippen LogP contribution in [-0.2, 0) is 9.59 Å². The molecule has 0 aromatic rings. The molecule has 2 amide bonds. The summed E-state index contributed by atoms with van der Waals surface area (Å²) in [5.74, 6) is 2.47. The Balaban J connectivity index is 2.34. The van der Waals surface area contributed by atoms with Gasteiger partial charge in [0.1, 0.15) is 0 Å². The topological polar surface area (TPSA) is 40.6 Å². The largest absolute Gasteiger partial charge is 0.325 e. The lowest BCUT2D eigenvalue weighted by atomic mass is 9.78. The van der Waals surface area contributed by atoms with Crippen LogP contribution in [0.15, 0.2) is 0 Å². The van der Waals surface area contributed by atoms with Crippen LogP contribution in [0.3, 0.4) is 0 Å². The maximum absolute atomic E-state index is 12.4. The SMILES string of the molecule is CC(=O)N1CC2CSCCN(C1)C(=O)C2(C)C. The molecule has 2 rings (SSSR count). The zero-order valence-electron chi connectivity index (χ0n) is 10.7. The van der Waals surface area contributed by atoms with Gasteiger partial charge in [-0.05, 0) is 11.7 Å². The molecular formula is C12H20N2O2S. The summed E-state index contributed by atoms with van der Waals surface area (Å²) < 4.78 is 0. The maximum Gasteiger partial charge on any atom is 0.230 e. The Morgan fingerprint density at radius 2 is 2.18 bits per heavy atom. The van der Waals surface area contributed by atoms with Crippen molar-refractivity contribution in [3.8, 4) is 0 Å². The molecule has 0 N–H and O–H groups in total. The van der Waals surface area contributed by atoms with Gasteiger partial charge in [-0.25, -0.2) is 0 Å². The van der Waals surface area contributed by atoms with Crippen LogP contribution in [0.2, 0.25) is 0 Å². The van der Waals surface area contributed by atoms with Crippen molar-refractivity contribution in [1.82, 2.24) is 9.80 Å². The van der Waals surface area contributed by atoms with Gasteiger partial charge in [-0.2, -0.15) is 11.8 Å². The summed E-state index contributed by atoms with van der Waals surface area (Å²) in [7, 11) is 0. The zero-order valence-corrected chi connectivity index (χ0v) is 11.5. The van der Waals surface area contributed by atoms with Crippen molar-refractivity contribution in [2.75, 3.05) is 31.3 Å². The van der Waals surface area contributed by atoms with Gasteiger partial charge in [0, 0.05) is 31.2 Å². The van der Waals surface area contributed by atoms with E-state index in [-0.39, 0.29) is 23.1 Å². The van der Waals surface area contributed by atoms with Crippen LogP contribution in [-0.4, -0.2) is 52.9 Å². The van der Waals surface area contributed by atoms with E-state index < -0.39 is 0 Å². The number of rotatable bonds is 0. The third kappa shape index (κ3) is 2.30. The fourth-order valence-corrected chi connectivity index (χ4v) is 3.79. The van der Waals surface area contributed by atoms with Crippen LogP contribution >= 0.6 is 11.8 Å². The van der Waals surface area contributed by atoms with Crippen LogP contribution < -0.4 is 0 Å². The van der Waals surface area contributed by atoms with Crippen LogP contribution in [0.5, 0.6) is 0 Å². The van der Waals surface area contributed by atoms with Crippen molar-refractivity contribution < 1.29 is 9.59 Å². The molecule has 0 spiro atoms. The van der Waals surface area contributed by atoms with Gasteiger partial charge in [-0.1, -0.05) is 13.8 Å². The van der Waals surface area contributed by atoms with E-state index in [0.717, 1.165) is 18.1 Å². The number of amides is 2. The number of hydrogen-bond acceptors (Lipinski definition) is 3. The smallest absolute Gasteiger partial charge is 0.230 e. The first-order valence-electron chi connectivity index (χ1n) is 6.05. The summed E-state index contributed by atoms with van der Waals surface area (Å²) in [6, 6.07) is 0. The fourth-order valence-electron chi connectivity index (χ4n) is 2.47. The zero-order chi connectivity index (χ0) is 12.6. The van der Waals surface area contributed by atoms with Gasteiger partial charge in [0.2, 0.25) is 11.8 Å². The Kier molecular flexibility index (Phi) is 3.39. The monoisotopic (exact) mass is 256 g/mol. The van der Waals surface area contributed by atoms with Crippen molar-refractivity contribution in [2.45, 2.75) is 20.8 Å². The van der Waals surface area contributed by atoms with Gasteiger partial charge < -0.3 is 9.80 Å². The van der Waals surface area contributed by atoms with Crippen molar-refractivity contribution >= 4 is 23.6 Å². The van der Waals surface area contributed by atoms with Gasteiger partial charge in [-0.15, -0.1) is 0 Å². The second-order valence-corrected chi connectivity index (χ2v) is 6.59. The van der Waals surface area contributed by atoms with E-state index in [9.17, 15) is 9.59 Å². The molecule has 4 nitrogen and oxygen atoms in total. The molecule has 2 saturated heterocycles. The highest BCUT2D eigenvalue weighted by molar-refractivity contribution is 7.99. The highest BCUT2D eigenvalue weighted by Crippen LogP contribution is 2.36. The minimum atomic E-state index is -0.350. The summed E-state index contributed by atoms with van der Waals surface area (Å²) in [4.78, 5) is 27.7. The Morgan fingerprint density at radius 1 is 1.47 bits per heavy atom. The molecule has 5 heteroatoms. The quantitative estimate of drug-likeness (QED) is 0.650. The number of fused-ring (bicyclic) bond motifs is 3. The molecule has 2 heterocycles. The average Bonchev–Trinajstić information content (AvgIpc) is 2.35.